The maximum absolute atomic E-state index is 11.5. The van der Waals surface area contributed by atoms with Crippen LogP contribution in [0.3, 0.4) is 0 Å². The van der Waals surface area contributed by atoms with E-state index in [4.69, 9.17) is 0 Å². The molecule has 66 valence electrons. The third kappa shape index (κ3) is 10.0. The van der Waals surface area contributed by atoms with Crippen LogP contribution < -0.4 is 0 Å². The fraction of sp³-hybridized carbons (Fsp3) is 0.714. The lowest BCUT2D eigenvalue weighted by Crippen LogP contribution is -2.05. The van der Waals surface area contributed by atoms with Crippen LogP contribution in [0.25, 0.3) is 0 Å². The lowest BCUT2D eigenvalue weighted by atomic mass is 10.2. The lowest BCUT2D eigenvalue weighted by Gasteiger charge is -2.01. The largest absolute Gasteiger partial charge is 0.389 e. The lowest BCUT2D eigenvalue weighted by molar-refractivity contribution is -0.133. The Morgan fingerprint density at radius 1 is 1.09 bits per heavy atom. The topological polar surface area (TPSA) is 0 Å². The van der Waals surface area contributed by atoms with Crippen molar-refractivity contribution in [1.82, 2.24) is 0 Å². The van der Waals surface area contributed by atoms with Crippen molar-refractivity contribution < 1.29 is 13.2 Å². The van der Waals surface area contributed by atoms with Crippen LogP contribution in [-0.4, -0.2) is 11.5 Å². The fourth-order valence-corrected chi connectivity index (χ4v) is 0.810. The molecule has 0 aliphatic carbocycles. The monoisotopic (exact) mass is 230 g/mol. The van der Waals surface area contributed by atoms with Gasteiger partial charge in [0.05, 0.1) is 0 Å². The zero-order chi connectivity index (χ0) is 8.74. The predicted molar refractivity (Wildman–Crippen MR) is 42.8 cm³/mol. The van der Waals surface area contributed by atoms with Crippen LogP contribution in [0.1, 0.15) is 19.3 Å². The van der Waals surface area contributed by atoms with Crippen molar-refractivity contribution in [2.24, 2.45) is 0 Å². The van der Waals surface area contributed by atoms with Crippen molar-refractivity contribution in [1.29, 1.82) is 0 Å². The summed E-state index contributed by atoms with van der Waals surface area (Å²) in [6.07, 6.45) is -0.534. The third-order valence-corrected chi connectivity index (χ3v) is 1.49. The Kier molecular flexibility index (Phi) is 5.64. The van der Waals surface area contributed by atoms with Gasteiger partial charge >= 0.3 is 6.18 Å². The number of alkyl halides is 4. The number of hydrogen-bond donors (Lipinski definition) is 0. The van der Waals surface area contributed by atoms with E-state index in [1.54, 1.807) is 12.2 Å². The first-order valence-corrected chi connectivity index (χ1v) is 4.46. The molecule has 0 bridgehead atoms. The molecule has 0 atom stereocenters. The van der Waals surface area contributed by atoms with E-state index in [1.807, 2.05) is 0 Å². The molecule has 4 heteroatoms. The maximum atomic E-state index is 11.5. The summed E-state index contributed by atoms with van der Waals surface area (Å²) < 4.78 is 34.6. The van der Waals surface area contributed by atoms with Crippen molar-refractivity contribution in [3.8, 4) is 0 Å². The minimum atomic E-state index is -4.02. The summed E-state index contributed by atoms with van der Waals surface area (Å²) in [5.41, 5.74) is 0. The molecular weight excluding hydrogens is 221 g/mol. The van der Waals surface area contributed by atoms with E-state index in [-0.39, 0.29) is 6.42 Å². The van der Waals surface area contributed by atoms with Crippen LogP contribution in [0.4, 0.5) is 13.2 Å². The summed E-state index contributed by atoms with van der Waals surface area (Å²) in [6.45, 7) is 0. The summed E-state index contributed by atoms with van der Waals surface area (Å²) in [4.78, 5) is 0. The molecule has 0 nitrogen and oxygen atoms in total. The van der Waals surface area contributed by atoms with E-state index in [2.05, 4.69) is 15.9 Å². The second kappa shape index (κ2) is 5.63. The van der Waals surface area contributed by atoms with Gasteiger partial charge in [-0.15, -0.1) is 0 Å². The quantitative estimate of drug-likeness (QED) is 0.511. The van der Waals surface area contributed by atoms with E-state index in [9.17, 15) is 13.2 Å². The highest BCUT2D eigenvalue weighted by Crippen LogP contribution is 2.21. The molecule has 0 rings (SSSR count). The van der Waals surface area contributed by atoms with Crippen LogP contribution in [0.5, 0.6) is 0 Å². The molecule has 11 heavy (non-hydrogen) atoms. The van der Waals surface area contributed by atoms with Gasteiger partial charge in [-0.3, -0.25) is 0 Å². The van der Waals surface area contributed by atoms with Crippen molar-refractivity contribution in [2.75, 3.05) is 5.33 Å². The maximum Gasteiger partial charge on any atom is 0.389 e. The van der Waals surface area contributed by atoms with Gasteiger partial charge in [-0.2, -0.15) is 13.2 Å². The van der Waals surface area contributed by atoms with Gasteiger partial charge in [0.2, 0.25) is 0 Å². The van der Waals surface area contributed by atoms with E-state index in [0.717, 1.165) is 11.8 Å². The Morgan fingerprint density at radius 2 is 1.64 bits per heavy atom. The molecule has 0 spiro atoms. The normalized spacial score (nSPS) is 12.7. The fourth-order valence-electron chi connectivity index (χ4n) is 0.546. The Bertz CT molecular complexity index is 117. The molecule has 0 saturated heterocycles. The predicted octanol–water partition coefficient (Wildman–Crippen LogP) is 3.67. The van der Waals surface area contributed by atoms with Gasteiger partial charge in [-0.05, 0) is 12.8 Å². The molecule has 0 fully saturated rings. The number of rotatable bonds is 4. The molecule has 0 aromatic rings. The van der Waals surface area contributed by atoms with Gasteiger partial charge in [0.15, 0.2) is 0 Å². The molecule has 0 unspecified atom stereocenters. The second-order valence-corrected chi connectivity index (χ2v) is 2.90. The Morgan fingerprint density at radius 3 is 2.09 bits per heavy atom. The molecular formula is C7H10BrF3. The van der Waals surface area contributed by atoms with Gasteiger partial charge in [0, 0.05) is 11.8 Å². The van der Waals surface area contributed by atoms with E-state index < -0.39 is 12.6 Å². The molecule has 0 saturated carbocycles. The number of hydrogen-bond acceptors (Lipinski definition) is 0. The van der Waals surface area contributed by atoms with Crippen molar-refractivity contribution >= 4 is 15.9 Å². The number of allylic oxidation sites excluding steroid dienone is 2. The molecule has 0 amide bonds. The molecule has 0 radical (unpaired) electrons. The molecule has 0 aliphatic heterocycles. The van der Waals surface area contributed by atoms with Crippen LogP contribution >= 0.6 is 15.9 Å². The molecule has 0 aromatic carbocycles. The zero-order valence-corrected chi connectivity index (χ0v) is 7.58. The minimum Gasteiger partial charge on any atom is -0.171 e. The summed E-state index contributed by atoms with van der Waals surface area (Å²) in [6, 6.07) is 0. The zero-order valence-electron chi connectivity index (χ0n) is 5.99. The standard InChI is InChI=1S/C7H10BrF3/c8-6-4-2-1-3-5-7(9,10)11/h1-2H,3-6H2. The highest BCUT2D eigenvalue weighted by molar-refractivity contribution is 9.09. The van der Waals surface area contributed by atoms with Crippen molar-refractivity contribution in [2.45, 2.75) is 25.4 Å². The SMILES string of the molecule is FC(F)(F)CCC=CCCBr. The minimum absolute atomic E-state index is 0.0937. The first-order chi connectivity index (χ1) is 5.06. The molecule has 0 heterocycles. The molecule has 0 N–H and O–H groups in total. The van der Waals surface area contributed by atoms with Gasteiger partial charge in [0.1, 0.15) is 0 Å². The van der Waals surface area contributed by atoms with Crippen LogP contribution in [0.15, 0.2) is 12.2 Å². The highest BCUT2D eigenvalue weighted by Gasteiger charge is 2.25. The summed E-state index contributed by atoms with van der Waals surface area (Å²) in [5.74, 6) is 0. The van der Waals surface area contributed by atoms with Crippen molar-refractivity contribution in [3.63, 3.8) is 0 Å². The second-order valence-electron chi connectivity index (χ2n) is 2.10. The highest BCUT2D eigenvalue weighted by atomic mass is 79.9. The molecule has 0 aliphatic rings. The van der Waals surface area contributed by atoms with Crippen LogP contribution in [0.2, 0.25) is 0 Å². The smallest absolute Gasteiger partial charge is 0.171 e. The first kappa shape index (κ1) is 11.0. The molecule has 0 aromatic heterocycles. The first-order valence-electron chi connectivity index (χ1n) is 3.34. The Hall–Kier alpha value is 0.01000. The van der Waals surface area contributed by atoms with E-state index in [1.165, 1.54) is 0 Å². The third-order valence-electron chi connectivity index (χ3n) is 1.04. The van der Waals surface area contributed by atoms with Crippen LogP contribution in [0, 0.1) is 0 Å². The summed E-state index contributed by atoms with van der Waals surface area (Å²) in [7, 11) is 0. The van der Waals surface area contributed by atoms with Crippen LogP contribution in [-0.2, 0) is 0 Å². The van der Waals surface area contributed by atoms with Gasteiger partial charge < -0.3 is 0 Å². The Labute approximate surface area is 72.6 Å². The van der Waals surface area contributed by atoms with Gasteiger partial charge in [-0.25, -0.2) is 0 Å². The average molecular weight is 231 g/mol. The summed E-state index contributed by atoms with van der Waals surface area (Å²) >= 11 is 3.17. The van der Waals surface area contributed by atoms with Gasteiger partial charge in [-0.1, -0.05) is 28.1 Å². The van der Waals surface area contributed by atoms with E-state index >= 15 is 0 Å². The average Bonchev–Trinajstić information content (AvgIpc) is 1.85. The van der Waals surface area contributed by atoms with E-state index in [0.29, 0.717) is 0 Å². The van der Waals surface area contributed by atoms with Gasteiger partial charge in [0.25, 0.3) is 0 Å². The summed E-state index contributed by atoms with van der Waals surface area (Å²) in [5, 5.41) is 0.801. The van der Waals surface area contributed by atoms with Crippen molar-refractivity contribution in [3.05, 3.63) is 12.2 Å². The Balaban J connectivity index is 3.27. The number of halogens is 4.